The van der Waals surface area contributed by atoms with Crippen molar-refractivity contribution < 1.29 is 4.79 Å². The van der Waals surface area contributed by atoms with Gasteiger partial charge in [0.05, 0.1) is 5.03 Å². The van der Waals surface area contributed by atoms with E-state index < -0.39 is 0 Å². The molecule has 1 aromatic rings. The zero-order chi connectivity index (χ0) is 12.4. The summed E-state index contributed by atoms with van der Waals surface area (Å²) in [6, 6.07) is 9.47. The quantitative estimate of drug-likeness (QED) is 0.649. The molecular weight excluding hydrogens is 257 g/mol. The number of benzene rings is 1. The first-order chi connectivity index (χ1) is 8.11. The summed E-state index contributed by atoms with van der Waals surface area (Å²) < 4.78 is 0. The number of halogens is 2. The van der Waals surface area contributed by atoms with Gasteiger partial charge in [-0.05, 0) is 12.5 Å². The van der Waals surface area contributed by atoms with E-state index in [4.69, 9.17) is 23.2 Å². The van der Waals surface area contributed by atoms with E-state index in [9.17, 15) is 4.79 Å². The van der Waals surface area contributed by atoms with Gasteiger partial charge in [-0.3, -0.25) is 4.79 Å². The van der Waals surface area contributed by atoms with Crippen LogP contribution in [-0.4, -0.2) is 17.8 Å². The van der Waals surface area contributed by atoms with Crippen LogP contribution in [0.15, 0.2) is 35.9 Å². The maximum absolute atomic E-state index is 11.8. The Balaban J connectivity index is 2.45. The highest BCUT2D eigenvalue weighted by molar-refractivity contribution is 6.51. The van der Waals surface area contributed by atoms with Crippen molar-refractivity contribution in [2.75, 3.05) is 6.54 Å². The van der Waals surface area contributed by atoms with Crippen molar-refractivity contribution in [2.45, 2.75) is 12.3 Å². The maximum atomic E-state index is 11.8. The summed E-state index contributed by atoms with van der Waals surface area (Å²) in [5, 5.41) is 3.16. The normalized spacial score (nSPS) is 24.4. The van der Waals surface area contributed by atoms with Gasteiger partial charge in [0.1, 0.15) is 0 Å². The molecule has 0 spiro atoms. The lowest BCUT2D eigenvalue weighted by molar-refractivity contribution is -0.116. The monoisotopic (exact) mass is 269 g/mol. The van der Waals surface area contributed by atoms with Crippen molar-refractivity contribution in [3.63, 3.8) is 0 Å². The minimum atomic E-state index is -0.124. The van der Waals surface area contributed by atoms with Crippen molar-refractivity contribution in [3.8, 4) is 0 Å². The minimum absolute atomic E-state index is 0.0307. The molecular formula is C13H13Cl2NO. The fourth-order valence-corrected chi connectivity index (χ4v) is 2.53. The molecule has 0 aliphatic carbocycles. The third-order valence-electron chi connectivity index (χ3n) is 2.92. The first-order valence-corrected chi connectivity index (χ1v) is 6.30. The number of hydrogen-bond acceptors (Lipinski definition) is 1. The van der Waals surface area contributed by atoms with E-state index in [1.807, 2.05) is 37.3 Å². The fourth-order valence-electron chi connectivity index (χ4n) is 1.96. The molecule has 17 heavy (non-hydrogen) atoms. The van der Waals surface area contributed by atoms with E-state index in [0.717, 1.165) is 5.56 Å². The molecule has 1 N–H and O–H groups in total. The van der Waals surface area contributed by atoms with Crippen LogP contribution in [-0.2, 0) is 4.79 Å². The molecule has 1 aromatic carbocycles. The number of hydrogen-bond donors (Lipinski definition) is 1. The predicted octanol–water partition coefficient (Wildman–Crippen LogP) is 3.01. The Morgan fingerprint density at radius 1 is 1.41 bits per heavy atom. The molecule has 4 heteroatoms. The van der Waals surface area contributed by atoms with E-state index in [2.05, 4.69) is 5.32 Å². The lowest BCUT2D eigenvalue weighted by Crippen LogP contribution is -2.16. The van der Waals surface area contributed by atoms with Gasteiger partial charge in [-0.1, -0.05) is 41.9 Å². The number of alkyl halides is 1. The van der Waals surface area contributed by atoms with Gasteiger partial charge in [-0.25, -0.2) is 0 Å². The van der Waals surface area contributed by atoms with Crippen LogP contribution < -0.4 is 5.32 Å². The van der Waals surface area contributed by atoms with E-state index in [1.165, 1.54) is 0 Å². The zero-order valence-corrected chi connectivity index (χ0v) is 10.9. The summed E-state index contributed by atoms with van der Waals surface area (Å²) >= 11 is 12.4. The van der Waals surface area contributed by atoms with Crippen LogP contribution >= 0.6 is 23.2 Å². The number of nitrogens with one attached hydrogen (secondary N) is 1. The Kier molecular flexibility index (Phi) is 3.75. The predicted molar refractivity (Wildman–Crippen MR) is 71.0 cm³/mol. The standard InChI is InChI=1S/C13H13Cl2NO/c1-8(14)10-7-16-13(17)11(10)12(15)9-5-3-2-4-6-9/h2-6,8,10H,7H2,1H3,(H,16,17)/b12-11-. The van der Waals surface area contributed by atoms with Crippen LogP contribution in [0.1, 0.15) is 12.5 Å². The van der Waals surface area contributed by atoms with Gasteiger partial charge in [-0.2, -0.15) is 0 Å². The highest BCUT2D eigenvalue weighted by Gasteiger charge is 2.34. The number of amides is 1. The van der Waals surface area contributed by atoms with Crippen LogP contribution in [0.2, 0.25) is 0 Å². The Labute approximate surface area is 111 Å². The first kappa shape index (κ1) is 12.5. The molecule has 1 heterocycles. The lowest BCUT2D eigenvalue weighted by atomic mass is 9.97. The van der Waals surface area contributed by atoms with E-state index in [1.54, 1.807) is 0 Å². The Bertz CT molecular complexity index is 454. The van der Waals surface area contributed by atoms with Crippen LogP contribution in [0.25, 0.3) is 5.03 Å². The number of rotatable bonds is 2. The summed E-state index contributed by atoms with van der Waals surface area (Å²) in [4.78, 5) is 11.8. The second-order valence-corrected chi connectivity index (χ2v) is 5.15. The minimum Gasteiger partial charge on any atom is -0.352 e. The molecule has 1 aliphatic heterocycles. The molecule has 0 aromatic heterocycles. The van der Waals surface area contributed by atoms with Gasteiger partial charge in [0.2, 0.25) is 5.91 Å². The molecule has 90 valence electrons. The SMILES string of the molecule is CC(Cl)C1CNC(=O)/C1=C(\Cl)c1ccccc1. The van der Waals surface area contributed by atoms with Gasteiger partial charge in [-0.15, -0.1) is 11.6 Å². The average Bonchev–Trinajstić information content (AvgIpc) is 2.71. The summed E-state index contributed by atoms with van der Waals surface area (Å²) in [6.07, 6.45) is 0. The third kappa shape index (κ3) is 2.48. The van der Waals surface area contributed by atoms with Gasteiger partial charge in [0, 0.05) is 23.4 Å². The average molecular weight is 270 g/mol. The molecule has 1 aliphatic rings. The third-order valence-corrected chi connectivity index (χ3v) is 3.64. The van der Waals surface area contributed by atoms with Crippen LogP contribution in [0, 0.1) is 5.92 Å². The maximum Gasteiger partial charge on any atom is 0.249 e. The van der Waals surface area contributed by atoms with Crippen molar-refractivity contribution in [1.82, 2.24) is 5.32 Å². The van der Waals surface area contributed by atoms with Gasteiger partial charge in [0.25, 0.3) is 0 Å². The number of carbonyl (C=O) groups excluding carboxylic acids is 1. The Morgan fingerprint density at radius 2 is 2.06 bits per heavy atom. The van der Waals surface area contributed by atoms with E-state index >= 15 is 0 Å². The summed E-state index contributed by atoms with van der Waals surface area (Å²) in [7, 11) is 0. The Hall–Kier alpha value is -0.990. The molecule has 1 saturated heterocycles. The van der Waals surface area contributed by atoms with E-state index in [-0.39, 0.29) is 17.2 Å². The highest BCUT2D eigenvalue weighted by atomic mass is 35.5. The second kappa shape index (κ2) is 5.11. The molecule has 1 amide bonds. The van der Waals surface area contributed by atoms with Crippen LogP contribution in [0.3, 0.4) is 0 Å². The fraction of sp³-hybridized carbons (Fsp3) is 0.308. The summed E-state index contributed by atoms with van der Waals surface area (Å²) in [6.45, 7) is 2.43. The molecule has 2 nitrogen and oxygen atoms in total. The van der Waals surface area contributed by atoms with E-state index in [0.29, 0.717) is 17.2 Å². The molecule has 2 atom stereocenters. The van der Waals surface area contributed by atoms with Crippen molar-refractivity contribution in [3.05, 3.63) is 41.5 Å². The first-order valence-electron chi connectivity index (χ1n) is 5.48. The molecule has 0 saturated carbocycles. The van der Waals surface area contributed by atoms with Crippen molar-refractivity contribution in [2.24, 2.45) is 5.92 Å². The van der Waals surface area contributed by atoms with Gasteiger partial charge in [0.15, 0.2) is 0 Å². The number of carbonyl (C=O) groups is 1. The smallest absolute Gasteiger partial charge is 0.249 e. The highest BCUT2D eigenvalue weighted by Crippen LogP contribution is 2.33. The Morgan fingerprint density at radius 3 is 2.65 bits per heavy atom. The largest absolute Gasteiger partial charge is 0.352 e. The van der Waals surface area contributed by atoms with Crippen LogP contribution in [0.5, 0.6) is 0 Å². The molecule has 0 bridgehead atoms. The zero-order valence-electron chi connectivity index (χ0n) is 9.41. The molecule has 1 fully saturated rings. The second-order valence-electron chi connectivity index (χ2n) is 4.09. The molecule has 2 rings (SSSR count). The summed E-state index contributed by atoms with van der Waals surface area (Å²) in [5.74, 6) is -0.145. The van der Waals surface area contributed by atoms with Gasteiger partial charge >= 0.3 is 0 Å². The molecule has 2 unspecified atom stereocenters. The van der Waals surface area contributed by atoms with Crippen LogP contribution in [0.4, 0.5) is 0 Å². The van der Waals surface area contributed by atoms with Crippen molar-refractivity contribution >= 4 is 34.1 Å². The van der Waals surface area contributed by atoms with Gasteiger partial charge < -0.3 is 5.32 Å². The molecule has 0 radical (unpaired) electrons. The lowest BCUT2D eigenvalue weighted by Gasteiger charge is -2.13. The topological polar surface area (TPSA) is 29.1 Å². The van der Waals surface area contributed by atoms with Crippen molar-refractivity contribution in [1.29, 1.82) is 0 Å². The summed E-state index contributed by atoms with van der Waals surface area (Å²) in [5.41, 5.74) is 1.45.